The summed E-state index contributed by atoms with van der Waals surface area (Å²) in [7, 11) is 0. The molecule has 0 amide bonds. The minimum atomic E-state index is -0.753. The second kappa shape index (κ2) is 3.01. The van der Waals surface area contributed by atoms with Gasteiger partial charge in [-0.2, -0.15) is 0 Å². The van der Waals surface area contributed by atoms with E-state index in [0.717, 1.165) is 16.6 Å². The summed E-state index contributed by atoms with van der Waals surface area (Å²) in [5.41, 5.74) is 1.91. The third-order valence-corrected chi connectivity index (χ3v) is 3.22. The highest BCUT2D eigenvalue weighted by Crippen LogP contribution is 2.33. The molecule has 0 radical (unpaired) electrons. The monoisotopic (exact) mass is 217 g/mol. The van der Waals surface area contributed by atoms with Crippen LogP contribution in [0.1, 0.15) is 5.69 Å². The molecule has 2 aromatic rings. The first-order valence-corrected chi connectivity index (χ1v) is 5.19. The molecule has 0 fully saturated rings. The average molecular weight is 217 g/mol. The van der Waals surface area contributed by atoms with E-state index in [4.69, 9.17) is 5.11 Å². The van der Waals surface area contributed by atoms with Gasteiger partial charge in [0.25, 0.3) is 0 Å². The highest BCUT2D eigenvalue weighted by Gasteiger charge is 2.28. The Hall–Kier alpha value is -1.97. The minimum Gasteiger partial charge on any atom is -0.507 e. The Labute approximate surface area is 91.7 Å². The van der Waals surface area contributed by atoms with E-state index >= 15 is 0 Å². The summed E-state index contributed by atoms with van der Waals surface area (Å²) in [6.45, 7) is 0.498. The van der Waals surface area contributed by atoms with Gasteiger partial charge in [-0.25, -0.2) is 0 Å². The Morgan fingerprint density at radius 1 is 1.44 bits per heavy atom. The molecule has 0 aliphatic carbocycles. The zero-order valence-corrected chi connectivity index (χ0v) is 8.55. The molecule has 1 aliphatic heterocycles. The van der Waals surface area contributed by atoms with Crippen molar-refractivity contribution < 1.29 is 15.0 Å². The molecule has 1 aromatic heterocycles. The van der Waals surface area contributed by atoms with E-state index < -0.39 is 5.97 Å². The molecule has 0 saturated carbocycles. The number of carboxylic acids is 1. The minimum absolute atomic E-state index is 0.256. The van der Waals surface area contributed by atoms with Crippen molar-refractivity contribution in [2.45, 2.75) is 13.0 Å². The quantitative estimate of drug-likeness (QED) is 0.762. The van der Waals surface area contributed by atoms with Gasteiger partial charge >= 0.3 is 5.97 Å². The second-order valence-electron chi connectivity index (χ2n) is 4.20. The molecule has 0 spiro atoms. The maximum absolute atomic E-state index is 10.9. The van der Waals surface area contributed by atoms with Crippen LogP contribution < -0.4 is 0 Å². The van der Waals surface area contributed by atoms with Crippen molar-refractivity contribution in [3.05, 3.63) is 30.0 Å². The van der Waals surface area contributed by atoms with Crippen LogP contribution in [0.25, 0.3) is 10.9 Å². The van der Waals surface area contributed by atoms with Gasteiger partial charge in [-0.05, 0) is 18.2 Å². The zero-order chi connectivity index (χ0) is 11.3. The number of fused-ring (bicyclic) bond motifs is 3. The largest absolute Gasteiger partial charge is 0.507 e. The van der Waals surface area contributed by atoms with Gasteiger partial charge in [0.05, 0.1) is 11.4 Å². The van der Waals surface area contributed by atoms with E-state index in [1.165, 1.54) is 0 Å². The molecule has 4 nitrogen and oxygen atoms in total. The predicted molar refractivity (Wildman–Crippen MR) is 58.4 cm³/mol. The molecular weight excluding hydrogens is 206 g/mol. The van der Waals surface area contributed by atoms with Crippen molar-refractivity contribution in [3.8, 4) is 5.75 Å². The number of phenols is 1. The van der Waals surface area contributed by atoms with Crippen LogP contribution in [-0.4, -0.2) is 20.7 Å². The Bertz CT molecular complexity index is 585. The van der Waals surface area contributed by atoms with Crippen LogP contribution in [0.4, 0.5) is 0 Å². The van der Waals surface area contributed by atoms with Gasteiger partial charge in [0.2, 0.25) is 0 Å². The van der Waals surface area contributed by atoms with Gasteiger partial charge in [-0.3, -0.25) is 4.79 Å². The summed E-state index contributed by atoms with van der Waals surface area (Å²) in [5.74, 6) is -0.829. The molecule has 1 aromatic carbocycles. The molecule has 0 bridgehead atoms. The lowest BCUT2D eigenvalue weighted by Gasteiger charge is -2.04. The lowest BCUT2D eigenvalue weighted by atomic mass is 10.1. The molecule has 82 valence electrons. The van der Waals surface area contributed by atoms with Crippen LogP contribution in [0.5, 0.6) is 5.75 Å². The van der Waals surface area contributed by atoms with Crippen molar-refractivity contribution >= 4 is 16.9 Å². The third kappa shape index (κ3) is 1.13. The van der Waals surface area contributed by atoms with E-state index in [1.54, 1.807) is 12.1 Å². The fourth-order valence-electron chi connectivity index (χ4n) is 2.41. The molecule has 2 heterocycles. The fraction of sp³-hybridized carbons (Fsp3) is 0.250. The number of aromatic hydroxyl groups is 1. The van der Waals surface area contributed by atoms with Crippen molar-refractivity contribution in [1.82, 2.24) is 4.57 Å². The number of nitrogens with zero attached hydrogens (tertiary/aromatic N) is 1. The van der Waals surface area contributed by atoms with Crippen LogP contribution in [0.3, 0.4) is 0 Å². The summed E-state index contributed by atoms with van der Waals surface area (Å²) in [4.78, 5) is 10.9. The molecule has 16 heavy (non-hydrogen) atoms. The summed E-state index contributed by atoms with van der Waals surface area (Å²) >= 11 is 0. The summed E-state index contributed by atoms with van der Waals surface area (Å²) in [6.07, 6.45) is 0.545. The van der Waals surface area contributed by atoms with Gasteiger partial charge in [0, 0.05) is 24.0 Å². The normalized spacial score (nSPS) is 18.9. The molecule has 1 atom stereocenters. The second-order valence-corrected chi connectivity index (χ2v) is 4.20. The van der Waals surface area contributed by atoms with Gasteiger partial charge in [-0.15, -0.1) is 0 Å². The Morgan fingerprint density at radius 3 is 3.00 bits per heavy atom. The van der Waals surface area contributed by atoms with Crippen molar-refractivity contribution in [2.75, 3.05) is 0 Å². The number of phenolic OH excluding ortho intramolecular Hbond substituents is 1. The van der Waals surface area contributed by atoms with Crippen LogP contribution in [-0.2, 0) is 17.8 Å². The van der Waals surface area contributed by atoms with Crippen molar-refractivity contribution in [1.29, 1.82) is 0 Å². The fourth-order valence-corrected chi connectivity index (χ4v) is 2.41. The summed E-state index contributed by atoms with van der Waals surface area (Å²) < 4.78 is 1.98. The zero-order valence-electron chi connectivity index (χ0n) is 8.55. The number of aromatic nitrogens is 1. The summed E-state index contributed by atoms with van der Waals surface area (Å²) in [5, 5.41) is 19.4. The SMILES string of the molecule is O=C(O)C1Cc2cc3c(O)cccc3n2C1. The average Bonchev–Trinajstić information content (AvgIpc) is 2.76. The lowest BCUT2D eigenvalue weighted by molar-refractivity contribution is -0.141. The highest BCUT2D eigenvalue weighted by molar-refractivity contribution is 5.88. The number of benzene rings is 1. The number of hydrogen-bond donors (Lipinski definition) is 2. The van der Waals surface area contributed by atoms with Crippen LogP contribution in [0.15, 0.2) is 24.3 Å². The van der Waals surface area contributed by atoms with Crippen LogP contribution >= 0.6 is 0 Å². The molecule has 1 aliphatic rings. The molecule has 4 heteroatoms. The number of carbonyl (C=O) groups is 1. The van der Waals surface area contributed by atoms with E-state index in [2.05, 4.69) is 0 Å². The van der Waals surface area contributed by atoms with E-state index in [-0.39, 0.29) is 11.7 Å². The standard InChI is InChI=1S/C12H11NO3/c14-11-3-1-2-10-9(11)5-8-4-7(12(15)16)6-13(8)10/h1-3,5,7,14H,4,6H2,(H,15,16). The van der Waals surface area contributed by atoms with E-state index in [9.17, 15) is 9.90 Å². The molecule has 0 saturated heterocycles. The van der Waals surface area contributed by atoms with Gasteiger partial charge in [0.15, 0.2) is 0 Å². The topological polar surface area (TPSA) is 62.5 Å². The third-order valence-electron chi connectivity index (χ3n) is 3.22. The van der Waals surface area contributed by atoms with Crippen LogP contribution in [0, 0.1) is 5.92 Å². The Balaban J connectivity index is 2.15. The van der Waals surface area contributed by atoms with Gasteiger partial charge in [0.1, 0.15) is 5.75 Å². The first kappa shape index (κ1) is 9.27. The first-order chi connectivity index (χ1) is 7.66. The molecule has 2 N–H and O–H groups in total. The highest BCUT2D eigenvalue weighted by atomic mass is 16.4. The van der Waals surface area contributed by atoms with Gasteiger partial charge < -0.3 is 14.8 Å². The molecule has 3 rings (SSSR count). The Kier molecular flexibility index (Phi) is 1.74. The smallest absolute Gasteiger partial charge is 0.308 e. The number of aliphatic carboxylic acids is 1. The Morgan fingerprint density at radius 2 is 2.25 bits per heavy atom. The summed E-state index contributed by atoms with van der Waals surface area (Å²) in [6, 6.07) is 7.21. The number of hydrogen-bond acceptors (Lipinski definition) is 2. The van der Waals surface area contributed by atoms with Gasteiger partial charge in [-0.1, -0.05) is 6.07 Å². The maximum Gasteiger partial charge on any atom is 0.308 e. The van der Waals surface area contributed by atoms with Crippen molar-refractivity contribution in [3.63, 3.8) is 0 Å². The molecule has 1 unspecified atom stereocenters. The predicted octanol–water partition coefficient (Wildman–Crippen LogP) is 1.60. The van der Waals surface area contributed by atoms with E-state index in [0.29, 0.717) is 13.0 Å². The first-order valence-electron chi connectivity index (χ1n) is 5.19. The maximum atomic E-state index is 10.9. The number of carboxylic acid groups (broad SMARTS) is 1. The van der Waals surface area contributed by atoms with Crippen molar-refractivity contribution in [2.24, 2.45) is 5.92 Å². The number of rotatable bonds is 1. The van der Waals surface area contributed by atoms with E-state index in [1.807, 2.05) is 16.7 Å². The van der Waals surface area contributed by atoms with Crippen LogP contribution in [0.2, 0.25) is 0 Å². The lowest BCUT2D eigenvalue weighted by Crippen LogP contribution is -2.14. The molecular formula is C12H11NO3.